The Bertz CT molecular complexity index is 339. The van der Waals surface area contributed by atoms with Crippen molar-refractivity contribution in [2.75, 3.05) is 26.9 Å². The first-order valence-corrected chi connectivity index (χ1v) is 8.09. The monoisotopic (exact) mass is 299 g/mol. The van der Waals surface area contributed by atoms with Crippen LogP contribution in [0.25, 0.3) is 0 Å². The molecular weight excluding hydrogens is 270 g/mol. The van der Waals surface area contributed by atoms with Gasteiger partial charge in [-0.1, -0.05) is 0 Å². The van der Waals surface area contributed by atoms with Crippen LogP contribution in [0.15, 0.2) is 0 Å². The predicted octanol–water partition coefficient (Wildman–Crippen LogP) is 1.89. The smallest absolute Gasteiger partial charge is 0.325 e. The van der Waals surface area contributed by atoms with E-state index in [1.165, 1.54) is 7.11 Å². The zero-order valence-electron chi connectivity index (χ0n) is 13.5. The highest BCUT2D eigenvalue weighted by Crippen LogP contribution is 2.26. The molecule has 1 N–H and O–H groups in total. The van der Waals surface area contributed by atoms with Crippen LogP contribution >= 0.6 is 0 Å². The number of nitrogens with one attached hydrogen (secondary N) is 1. The maximum Gasteiger partial charge on any atom is 0.325 e. The quantitative estimate of drug-likeness (QED) is 0.694. The third-order valence-electron chi connectivity index (χ3n) is 4.39. The van der Waals surface area contributed by atoms with Crippen LogP contribution in [-0.2, 0) is 19.0 Å². The molecule has 0 aromatic carbocycles. The summed E-state index contributed by atoms with van der Waals surface area (Å²) in [6.07, 6.45) is 5.10. The first kappa shape index (κ1) is 16.7. The molecule has 5 nitrogen and oxygen atoms in total. The van der Waals surface area contributed by atoms with Gasteiger partial charge in [-0.2, -0.15) is 0 Å². The van der Waals surface area contributed by atoms with Crippen molar-refractivity contribution in [3.05, 3.63) is 0 Å². The van der Waals surface area contributed by atoms with Crippen LogP contribution in [0.2, 0.25) is 0 Å². The van der Waals surface area contributed by atoms with Crippen molar-refractivity contribution in [2.24, 2.45) is 5.92 Å². The van der Waals surface area contributed by atoms with Crippen molar-refractivity contribution in [2.45, 2.75) is 63.6 Å². The molecule has 1 aliphatic carbocycles. The topological polar surface area (TPSA) is 56.8 Å². The van der Waals surface area contributed by atoms with Crippen molar-refractivity contribution in [3.8, 4) is 0 Å². The van der Waals surface area contributed by atoms with E-state index in [0.29, 0.717) is 18.4 Å². The summed E-state index contributed by atoms with van der Waals surface area (Å²) in [5.74, 6) is 0.387. The van der Waals surface area contributed by atoms with E-state index >= 15 is 0 Å². The molecule has 1 saturated heterocycles. The number of rotatable bonds is 8. The molecule has 0 aromatic heterocycles. The van der Waals surface area contributed by atoms with Crippen LogP contribution in [-0.4, -0.2) is 50.6 Å². The lowest BCUT2D eigenvalue weighted by Crippen LogP contribution is -2.53. The van der Waals surface area contributed by atoms with E-state index in [0.717, 1.165) is 45.5 Å². The minimum Gasteiger partial charge on any atom is -0.468 e. The van der Waals surface area contributed by atoms with Crippen molar-refractivity contribution in [1.29, 1.82) is 0 Å². The summed E-state index contributed by atoms with van der Waals surface area (Å²) in [5.41, 5.74) is -0.648. The molecule has 0 bridgehead atoms. The van der Waals surface area contributed by atoms with Gasteiger partial charge in [-0.05, 0) is 45.4 Å². The Labute approximate surface area is 127 Å². The lowest BCUT2D eigenvalue weighted by Gasteiger charge is -2.31. The van der Waals surface area contributed by atoms with E-state index in [4.69, 9.17) is 14.2 Å². The Morgan fingerprint density at radius 1 is 1.33 bits per heavy atom. The molecule has 1 saturated carbocycles. The number of esters is 1. The summed E-state index contributed by atoms with van der Waals surface area (Å²) in [5, 5.41) is 3.41. The molecule has 0 spiro atoms. The third-order valence-corrected chi connectivity index (χ3v) is 4.39. The highest BCUT2D eigenvalue weighted by atomic mass is 16.5. The van der Waals surface area contributed by atoms with E-state index < -0.39 is 5.54 Å². The van der Waals surface area contributed by atoms with Gasteiger partial charge < -0.3 is 14.2 Å². The van der Waals surface area contributed by atoms with E-state index in [1.54, 1.807) is 0 Å². The molecule has 1 aliphatic heterocycles. The van der Waals surface area contributed by atoms with Crippen molar-refractivity contribution >= 4 is 5.97 Å². The Balaban J connectivity index is 1.79. The van der Waals surface area contributed by atoms with Crippen LogP contribution in [0, 0.1) is 5.92 Å². The number of carbonyl (C=O) groups excluding carboxylic acids is 1. The zero-order chi connectivity index (χ0) is 15.3. The Morgan fingerprint density at radius 2 is 2.00 bits per heavy atom. The number of ether oxygens (including phenoxy) is 3. The fourth-order valence-electron chi connectivity index (χ4n) is 2.95. The molecule has 2 unspecified atom stereocenters. The molecule has 2 aliphatic rings. The molecule has 0 aromatic rings. The summed E-state index contributed by atoms with van der Waals surface area (Å²) in [7, 11) is 1.45. The van der Waals surface area contributed by atoms with Crippen LogP contribution in [0.4, 0.5) is 0 Å². The normalized spacial score (nSPS) is 24.3. The maximum atomic E-state index is 12.1. The average Bonchev–Trinajstić information content (AvgIpc) is 3.29. The maximum absolute atomic E-state index is 12.1. The Morgan fingerprint density at radius 3 is 2.57 bits per heavy atom. The highest BCUT2D eigenvalue weighted by molar-refractivity contribution is 5.80. The number of methoxy groups -OCH3 is 1. The molecule has 122 valence electrons. The van der Waals surface area contributed by atoms with E-state index in [-0.39, 0.29) is 12.1 Å². The fourth-order valence-corrected chi connectivity index (χ4v) is 2.95. The minimum atomic E-state index is -0.648. The second-order valence-electron chi connectivity index (χ2n) is 6.65. The molecule has 2 rings (SSSR count). The molecule has 0 amide bonds. The fraction of sp³-hybridized carbons (Fsp3) is 0.938. The van der Waals surface area contributed by atoms with Gasteiger partial charge in [0.2, 0.25) is 0 Å². The first-order chi connectivity index (χ1) is 10.0. The van der Waals surface area contributed by atoms with Crippen LogP contribution < -0.4 is 5.32 Å². The van der Waals surface area contributed by atoms with Crippen molar-refractivity contribution in [3.63, 3.8) is 0 Å². The lowest BCUT2D eigenvalue weighted by atomic mass is 9.94. The number of hydrogen-bond donors (Lipinski definition) is 1. The second kappa shape index (κ2) is 7.56. The summed E-state index contributed by atoms with van der Waals surface area (Å²) in [6.45, 7) is 6.39. The molecule has 5 heteroatoms. The van der Waals surface area contributed by atoms with Crippen molar-refractivity contribution in [1.82, 2.24) is 5.32 Å². The molecular formula is C16H29NO4. The van der Waals surface area contributed by atoms with E-state index in [9.17, 15) is 4.79 Å². The highest BCUT2D eigenvalue weighted by Gasteiger charge is 2.40. The minimum absolute atomic E-state index is 0.0307. The van der Waals surface area contributed by atoms with Crippen LogP contribution in [0.3, 0.4) is 0 Å². The number of carbonyl (C=O) groups is 1. The van der Waals surface area contributed by atoms with Gasteiger partial charge in [-0.25, -0.2) is 0 Å². The Hall–Kier alpha value is -0.650. The predicted molar refractivity (Wildman–Crippen MR) is 80.2 cm³/mol. The van der Waals surface area contributed by atoms with Gasteiger partial charge in [0.25, 0.3) is 0 Å². The zero-order valence-corrected chi connectivity index (χ0v) is 13.5. The van der Waals surface area contributed by atoms with Gasteiger partial charge in [0.1, 0.15) is 5.54 Å². The lowest BCUT2D eigenvalue weighted by molar-refractivity contribution is -0.150. The Kier molecular flexibility index (Phi) is 6.02. The molecule has 2 fully saturated rings. The van der Waals surface area contributed by atoms with Crippen molar-refractivity contribution < 1.29 is 19.0 Å². The van der Waals surface area contributed by atoms with E-state index in [2.05, 4.69) is 5.32 Å². The average molecular weight is 299 g/mol. The van der Waals surface area contributed by atoms with E-state index in [1.807, 2.05) is 13.8 Å². The standard InChI is InChI=1S/C16H29NO4/c1-12(21-11-13-6-8-20-9-7-13)10-16(2,15(18)19-3)17-14-4-5-14/h12-14,17H,4-11H2,1-3H3. The summed E-state index contributed by atoms with van der Waals surface area (Å²) in [4.78, 5) is 12.1. The first-order valence-electron chi connectivity index (χ1n) is 8.09. The van der Waals surface area contributed by atoms with Gasteiger partial charge in [-0.3, -0.25) is 10.1 Å². The van der Waals surface area contributed by atoms with Gasteiger partial charge in [0, 0.05) is 32.3 Å². The van der Waals surface area contributed by atoms with Gasteiger partial charge in [0.05, 0.1) is 13.2 Å². The van der Waals surface area contributed by atoms with Gasteiger partial charge in [-0.15, -0.1) is 0 Å². The number of hydrogen-bond acceptors (Lipinski definition) is 5. The third kappa shape index (κ3) is 5.24. The SMILES string of the molecule is COC(=O)C(C)(CC(C)OCC1CCOCC1)NC1CC1. The molecule has 1 heterocycles. The molecule has 21 heavy (non-hydrogen) atoms. The molecule has 0 radical (unpaired) electrons. The summed E-state index contributed by atoms with van der Waals surface area (Å²) in [6, 6.07) is 0.455. The second-order valence-corrected chi connectivity index (χ2v) is 6.65. The van der Waals surface area contributed by atoms with Gasteiger partial charge in [0.15, 0.2) is 0 Å². The largest absolute Gasteiger partial charge is 0.468 e. The summed E-state index contributed by atoms with van der Waals surface area (Å²) < 4.78 is 16.3. The van der Waals surface area contributed by atoms with Gasteiger partial charge >= 0.3 is 5.97 Å². The molecule has 2 atom stereocenters. The summed E-state index contributed by atoms with van der Waals surface area (Å²) >= 11 is 0. The van der Waals surface area contributed by atoms with Crippen LogP contribution in [0.1, 0.15) is 46.0 Å². The van der Waals surface area contributed by atoms with Crippen LogP contribution in [0.5, 0.6) is 0 Å².